The summed E-state index contributed by atoms with van der Waals surface area (Å²) in [5.41, 5.74) is 0. The van der Waals surface area contributed by atoms with Crippen molar-refractivity contribution in [1.29, 1.82) is 0 Å². The van der Waals surface area contributed by atoms with Gasteiger partial charge in [-0.2, -0.15) is 0 Å². The van der Waals surface area contributed by atoms with Crippen LogP contribution in [0.2, 0.25) is 0 Å². The summed E-state index contributed by atoms with van der Waals surface area (Å²) in [6.45, 7) is 7.18. The van der Waals surface area contributed by atoms with Gasteiger partial charge < -0.3 is 24.6 Å². The monoisotopic (exact) mass is 410 g/mol. The standard InChI is InChI=1S/C18H28N4O4.CH2O2/c1-3-4-5-18(24)22-8-14-7-21(9-15(22)12-25-11-14)10-17(23)19-16-6-13(2)26-20-16;2-1-3/h6,14-15H,3-5,7-12H2,1-2H3,(H,19,20,23);1H,(H,2,3)/t14-,15-;/m0./s1. The van der Waals surface area contributed by atoms with Crippen molar-refractivity contribution in [2.75, 3.05) is 44.7 Å². The van der Waals surface area contributed by atoms with E-state index in [2.05, 4.69) is 22.3 Å². The zero-order valence-electron chi connectivity index (χ0n) is 17.0. The topological polar surface area (TPSA) is 125 Å². The fourth-order valence-corrected chi connectivity index (χ4v) is 3.66. The number of ether oxygens (including phenoxy) is 1. The predicted octanol–water partition coefficient (Wildman–Crippen LogP) is 0.972. The Labute approximate surface area is 170 Å². The van der Waals surface area contributed by atoms with E-state index in [4.69, 9.17) is 19.2 Å². The molecule has 2 amide bonds. The maximum atomic E-state index is 12.6. The molecule has 162 valence electrons. The highest BCUT2D eigenvalue weighted by atomic mass is 16.5. The van der Waals surface area contributed by atoms with Crippen LogP contribution in [0.3, 0.4) is 0 Å². The average Bonchev–Trinajstić information content (AvgIpc) is 2.87. The minimum Gasteiger partial charge on any atom is -0.483 e. The maximum absolute atomic E-state index is 12.6. The second kappa shape index (κ2) is 11.5. The number of hydrogen-bond donors (Lipinski definition) is 2. The molecule has 0 radical (unpaired) electrons. The van der Waals surface area contributed by atoms with Gasteiger partial charge in [-0.15, -0.1) is 0 Å². The Morgan fingerprint density at radius 1 is 1.34 bits per heavy atom. The molecule has 1 aromatic heterocycles. The number of hydrogen-bond acceptors (Lipinski definition) is 7. The van der Waals surface area contributed by atoms with Crippen LogP contribution in [0.1, 0.15) is 31.9 Å². The largest absolute Gasteiger partial charge is 0.483 e. The van der Waals surface area contributed by atoms with Crippen molar-refractivity contribution >= 4 is 24.1 Å². The van der Waals surface area contributed by atoms with Crippen molar-refractivity contribution < 1.29 is 28.8 Å². The van der Waals surface area contributed by atoms with Gasteiger partial charge >= 0.3 is 0 Å². The van der Waals surface area contributed by atoms with Crippen molar-refractivity contribution in [1.82, 2.24) is 15.0 Å². The number of nitrogens with one attached hydrogen (secondary N) is 1. The van der Waals surface area contributed by atoms with Gasteiger partial charge in [-0.3, -0.25) is 19.3 Å². The summed E-state index contributed by atoms with van der Waals surface area (Å²) in [7, 11) is 0. The lowest BCUT2D eigenvalue weighted by Gasteiger charge is -2.31. The first kappa shape index (κ1) is 22.8. The molecule has 2 N–H and O–H groups in total. The van der Waals surface area contributed by atoms with E-state index in [9.17, 15) is 9.59 Å². The number of fused-ring (bicyclic) bond motifs is 3. The summed E-state index contributed by atoms with van der Waals surface area (Å²) in [5, 5.41) is 13.4. The van der Waals surface area contributed by atoms with Gasteiger partial charge in [0, 0.05) is 38.0 Å². The number of aryl methyl sites for hydroxylation is 1. The van der Waals surface area contributed by atoms with Crippen molar-refractivity contribution in [2.24, 2.45) is 5.92 Å². The van der Waals surface area contributed by atoms with E-state index in [0.717, 1.165) is 19.4 Å². The van der Waals surface area contributed by atoms with Gasteiger partial charge in [-0.1, -0.05) is 18.5 Å². The van der Waals surface area contributed by atoms with Crippen LogP contribution in [0.25, 0.3) is 0 Å². The quantitative estimate of drug-likeness (QED) is 0.665. The first-order valence-electron chi connectivity index (χ1n) is 9.87. The molecule has 2 bridgehead atoms. The summed E-state index contributed by atoms with van der Waals surface area (Å²) < 4.78 is 10.7. The fraction of sp³-hybridized carbons (Fsp3) is 0.684. The summed E-state index contributed by atoms with van der Waals surface area (Å²) in [5.74, 6) is 1.40. The van der Waals surface area contributed by atoms with Crippen LogP contribution in [0.15, 0.2) is 10.6 Å². The van der Waals surface area contributed by atoms with Crippen LogP contribution >= 0.6 is 0 Å². The van der Waals surface area contributed by atoms with E-state index in [1.807, 2.05) is 4.90 Å². The number of carbonyl (C=O) groups excluding carboxylic acids is 2. The number of unbranched alkanes of at least 4 members (excludes halogenated alkanes) is 1. The Bertz CT molecular complexity index is 679. The number of carbonyl (C=O) groups is 3. The van der Waals surface area contributed by atoms with Crippen molar-refractivity contribution in [3.05, 3.63) is 11.8 Å². The molecule has 0 aliphatic carbocycles. The van der Waals surface area contributed by atoms with Crippen molar-refractivity contribution in [3.8, 4) is 0 Å². The van der Waals surface area contributed by atoms with Crippen LogP contribution in [0.4, 0.5) is 5.82 Å². The van der Waals surface area contributed by atoms with Gasteiger partial charge in [0.25, 0.3) is 6.47 Å². The Kier molecular flexibility index (Phi) is 9.07. The van der Waals surface area contributed by atoms with E-state index < -0.39 is 0 Å². The average molecular weight is 410 g/mol. The third-order valence-corrected chi connectivity index (χ3v) is 4.87. The predicted molar refractivity (Wildman–Crippen MR) is 104 cm³/mol. The number of anilines is 1. The highest BCUT2D eigenvalue weighted by molar-refractivity contribution is 5.91. The molecule has 0 aromatic carbocycles. The lowest BCUT2D eigenvalue weighted by atomic mass is 10.1. The SMILES string of the molecule is CCCCC(=O)N1C[C@H]2COC[C@@H]1CN(CC(=O)Nc1cc(C)on1)C2.O=CO. The molecular formula is C19H30N4O6. The van der Waals surface area contributed by atoms with Gasteiger partial charge in [0.1, 0.15) is 5.76 Å². The van der Waals surface area contributed by atoms with Crippen molar-refractivity contribution in [2.45, 2.75) is 39.2 Å². The van der Waals surface area contributed by atoms with Gasteiger partial charge in [-0.25, -0.2) is 0 Å². The third kappa shape index (κ3) is 7.13. The van der Waals surface area contributed by atoms with E-state index in [1.54, 1.807) is 13.0 Å². The zero-order valence-corrected chi connectivity index (χ0v) is 17.0. The maximum Gasteiger partial charge on any atom is 0.290 e. The lowest BCUT2D eigenvalue weighted by Crippen LogP contribution is -2.47. The van der Waals surface area contributed by atoms with Crippen LogP contribution in [0.5, 0.6) is 0 Å². The highest BCUT2D eigenvalue weighted by Gasteiger charge is 2.35. The van der Waals surface area contributed by atoms with E-state index >= 15 is 0 Å². The smallest absolute Gasteiger partial charge is 0.290 e. The molecule has 2 fully saturated rings. The lowest BCUT2D eigenvalue weighted by molar-refractivity contribution is -0.134. The minimum absolute atomic E-state index is 0.00829. The second-order valence-electron chi connectivity index (χ2n) is 7.38. The second-order valence-corrected chi connectivity index (χ2v) is 7.38. The summed E-state index contributed by atoms with van der Waals surface area (Å²) >= 11 is 0. The number of carboxylic acid groups (broad SMARTS) is 1. The molecule has 29 heavy (non-hydrogen) atoms. The fourth-order valence-electron chi connectivity index (χ4n) is 3.66. The first-order valence-corrected chi connectivity index (χ1v) is 9.87. The molecule has 2 aliphatic heterocycles. The molecule has 10 nitrogen and oxygen atoms in total. The molecule has 0 spiro atoms. The molecule has 0 unspecified atom stereocenters. The number of nitrogens with zero attached hydrogens (tertiary/aromatic N) is 3. The molecule has 2 aliphatic rings. The Morgan fingerprint density at radius 2 is 2.10 bits per heavy atom. The normalized spacial score (nSPS) is 21.5. The Balaban J connectivity index is 0.000000941. The third-order valence-electron chi connectivity index (χ3n) is 4.87. The van der Waals surface area contributed by atoms with Crippen molar-refractivity contribution in [3.63, 3.8) is 0 Å². The number of amides is 2. The Hall–Kier alpha value is -2.46. The number of aromatic nitrogens is 1. The van der Waals surface area contributed by atoms with Gasteiger partial charge in [-0.05, 0) is 13.3 Å². The molecule has 3 heterocycles. The summed E-state index contributed by atoms with van der Waals surface area (Å²) in [4.78, 5) is 37.4. The molecular weight excluding hydrogens is 380 g/mol. The molecule has 3 rings (SSSR count). The summed E-state index contributed by atoms with van der Waals surface area (Å²) in [6, 6.07) is 1.70. The van der Waals surface area contributed by atoms with Gasteiger partial charge in [0.2, 0.25) is 11.8 Å². The first-order chi connectivity index (χ1) is 14.0. The summed E-state index contributed by atoms with van der Waals surface area (Å²) in [6.07, 6.45) is 2.51. The zero-order chi connectivity index (χ0) is 21.2. The van der Waals surface area contributed by atoms with E-state index in [1.165, 1.54) is 0 Å². The molecule has 0 saturated carbocycles. The highest BCUT2D eigenvalue weighted by Crippen LogP contribution is 2.21. The minimum atomic E-state index is -0.250. The molecule has 2 saturated heterocycles. The molecule has 10 heteroatoms. The Morgan fingerprint density at radius 3 is 2.76 bits per heavy atom. The molecule has 2 atom stereocenters. The van der Waals surface area contributed by atoms with Crippen LogP contribution < -0.4 is 5.32 Å². The number of rotatable bonds is 6. The van der Waals surface area contributed by atoms with Gasteiger partial charge in [0.15, 0.2) is 5.82 Å². The molecule has 1 aromatic rings. The van der Waals surface area contributed by atoms with Crippen LogP contribution in [-0.4, -0.2) is 83.8 Å². The van der Waals surface area contributed by atoms with E-state index in [-0.39, 0.29) is 36.8 Å². The van der Waals surface area contributed by atoms with E-state index in [0.29, 0.717) is 44.3 Å². The van der Waals surface area contributed by atoms with Crippen LogP contribution in [0, 0.1) is 12.8 Å². The van der Waals surface area contributed by atoms with Gasteiger partial charge in [0.05, 0.1) is 25.8 Å². The van der Waals surface area contributed by atoms with Crippen LogP contribution in [-0.2, 0) is 19.1 Å².